The summed E-state index contributed by atoms with van der Waals surface area (Å²) in [4.78, 5) is 8.53. The minimum atomic E-state index is 0.546. The Morgan fingerprint density at radius 3 is 2.68 bits per heavy atom. The average Bonchev–Trinajstić information content (AvgIpc) is 2.92. The molecule has 0 spiro atoms. The molecule has 0 amide bonds. The van der Waals surface area contributed by atoms with Gasteiger partial charge in [0.15, 0.2) is 0 Å². The minimum absolute atomic E-state index is 0.546. The van der Waals surface area contributed by atoms with Gasteiger partial charge in [-0.1, -0.05) is 29.3 Å². The van der Waals surface area contributed by atoms with Crippen molar-refractivity contribution in [1.29, 1.82) is 0 Å². The minimum Gasteiger partial charge on any atom is -0.350 e. The van der Waals surface area contributed by atoms with E-state index in [-0.39, 0.29) is 0 Å². The molecule has 0 aliphatic carbocycles. The van der Waals surface area contributed by atoms with Crippen LogP contribution in [0.4, 0.5) is 0 Å². The van der Waals surface area contributed by atoms with Crippen LogP contribution in [0.15, 0.2) is 49.1 Å². The van der Waals surface area contributed by atoms with E-state index in [4.69, 9.17) is 23.2 Å². The van der Waals surface area contributed by atoms with Gasteiger partial charge in [0.2, 0.25) is 0 Å². The van der Waals surface area contributed by atoms with Crippen LogP contribution in [0.3, 0.4) is 0 Å². The summed E-state index contributed by atoms with van der Waals surface area (Å²) in [5, 5.41) is 3.27. The van der Waals surface area contributed by atoms with Crippen LogP contribution in [-0.4, -0.2) is 14.5 Å². The van der Waals surface area contributed by atoms with Crippen molar-refractivity contribution in [2.75, 3.05) is 0 Å². The summed E-state index contributed by atoms with van der Waals surface area (Å²) < 4.78 is 2.10. The maximum Gasteiger partial charge on any atom is 0.116 e. The lowest BCUT2D eigenvalue weighted by Gasteiger charge is -2.10. The van der Waals surface area contributed by atoms with Crippen LogP contribution in [0.1, 0.15) is 0 Å². The van der Waals surface area contributed by atoms with Gasteiger partial charge in [-0.15, -0.1) is 0 Å². The quantitative estimate of drug-likeness (QED) is 0.487. The zero-order valence-electron chi connectivity index (χ0n) is 11.7. The van der Waals surface area contributed by atoms with E-state index in [2.05, 4.69) is 26.7 Å². The third-order valence-electron chi connectivity index (χ3n) is 3.87. The number of aromatic nitrogens is 3. The fourth-order valence-electron chi connectivity index (χ4n) is 2.83. The predicted octanol–water partition coefficient (Wildman–Crippen LogP) is 5.10. The number of benzene rings is 2. The molecule has 22 heavy (non-hydrogen) atoms. The van der Waals surface area contributed by atoms with Crippen LogP contribution in [0, 0.1) is 0 Å². The van der Waals surface area contributed by atoms with Gasteiger partial charge in [0, 0.05) is 35.8 Å². The number of rotatable bonds is 1. The Labute approximate surface area is 137 Å². The summed E-state index contributed by atoms with van der Waals surface area (Å²) in [5.41, 5.74) is 4.13. The van der Waals surface area contributed by atoms with Gasteiger partial charge in [0.05, 0.1) is 21.1 Å². The Balaban J connectivity index is 2.14. The molecule has 0 saturated heterocycles. The van der Waals surface area contributed by atoms with Gasteiger partial charge in [-0.05, 0) is 29.8 Å². The molecule has 0 aliphatic heterocycles. The van der Waals surface area contributed by atoms with Gasteiger partial charge in [0.25, 0.3) is 0 Å². The molecule has 2 aromatic carbocycles. The fourth-order valence-corrected chi connectivity index (χ4v) is 3.13. The average molecular weight is 328 g/mol. The largest absolute Gasteiger partial charge is 0.350 e. The zero-order chi connectivity index (χ0) is 15.3. The number of fused-ring (bicyclic) bond motifs is 3. The highest BCUT2D eigenvalue weighted by Crippen LogP contribution is 2.36. The molecule has 0 fully saturated rings. The highest BCUT2D eigenvalue weighted by Gasteiger charge is 2.13. The smallest absolute Gasteiger partial charge is 0.116 e. The van der Waals surface area contributed by atoms with Crippen molar-refractivity contribution in [2.24, 2.45) is 7.05 Å². The van der Waals surface area contributed by atoms with E-state index in [0.717, 1.165) is 32.9 Å². The summed E-state index contributed by atoms with van der Waals surface area (Å²) in [5.74, 6) is 0. The molecular weight excluding hydrogens is 317 g/mol. The number of hydrogen-bond donors (Lipinski definition) is 0. The van der Waals surface area contributed by atoms with Crippen LogP contribution in [0.5, 0.6) is 0 Å². The monoisotopic (exact) mass is 327 g/mol. The van der Waals surface area contributed by atoms with Crippen LogP contribution in [0.25, 0.3) is 32.9 Å². The van der Waals surface area contributed by atoms with E-state index in [1.54, 1.807) is 6.33 Å². The molecule has 0 unspecified atom stereocenters. The SMILES string of the molecule is Cn1ccc2c3cncnc3cc(-c3ccc(Cl)c(Cl)c3)c21. The van der Waals surface area contributed by atoms with E-state index in [0.29, 0.717) is 10.0 Å². The normalized spacial score (nSPS) is 11.4. The van der Waals surface area contributed by atoms with E-state index in [1.807, 2.05) is 37.6 Å². The standard InChI is InChI=1S/C17H11Cl2N3/c1-22-5-4-11-13-8-20-9-21-16(13)7-12(17(11)22)10-2-3-14(18)15(19)6-10/h2-9H,1H3. The first kappa shape index (κ1) is 13.6. The molecule has 108 valence electrons. The fraction of sp³-hybridized carbons (Fsp3) is 0.0588. The summed E-state index contributed by atoms with van der Waals surface area (Å²) >= 11 is 12.2. The Hall–Kier alpha value is -2.10. The second-order valence-corrected chi connectivity index (χ2v) is 6.01. The molecule has 0 aliphatic rings. The molecule has 0 atom stereocenters. The third-order valence-corrected chi connectivity index (χ3v) is 4.61. The summed E-state index contributed by atoms with van der Waals surface area (Å²) in [6.07, 6.45) is 5.46. The first-order chi connectivity index (χ1) is 10.6. The molecule has 0 N–H and O–H groups in total. The molecule has 2 heterocycles. The van der Waals surface area contributed by atoms with Gasteiger partial charge in [0.1, 0.15) is 6.33 Å². The van der Waals surface area contributed by atoms with Gasteiger partial charge >= 0.3 is 0 Å². The highest BCUT2D eigenvalue weighted by molar-refractivity contribution is 6.42. The number of hydrogen-bond acceptors (Lipinski definition) is 2. The molecule has 0 radical (unpaired) electrons. The van der Waals surface area contributed by atoms with Crippen molar-refractivity contribution in [3.05, 3.63) is 59.1 Å². The van der Waals surface area contributed by atoms with Crippen molar-refractivity contribution in [3.63, 3.8) is 0 Å². The van der Waals surface area contributed by atoms with Gasteiger partial charge < -0.3 is 4.57 Å². The second kappa shape index (κ2) is 4.97. The third kappa shape index (κ3) is 1.97. The van der Waals surface area contributed by atoms with E-state index in [1.165, 1.54) is 0 Å². The topological polar surface area (TPSA) is 30.7 Å². The molecule has 2 aromatic heterocycles. The van der Waals surface area contributed by atoms with Gasteiger partial charge in [-0.2, -0.15) is 0 Å². The van der Waals surface area contributed by atoms with Crippen molar-refractivity contribution < 1.29 is 0 Å². The van der Waals surface area contributed by atoms with Crippen molar-refractivity contribution in [2.45, 2.75) is 0 Å². The Bertz CT molecular complexity index is 1020. The molecule has 4 rings (SSSR count). The summed E-state index contributed by atoms with van der Waals surface area (Å²) in [7, 11) is 2.03. The lowest BCUT2D eigenvalue weighted by atomic mass is 10.0. The Morgan fingerprint density at radius 1 is 1.00 bits per heavy atom. The van der Waals surface area contributed by atoms with Crippen molar-refractivity contribution in [3.8, 4) is 11.1 Å². The summed E-state index contributed by atoms with van der Waals surface area (Å²) in [6, 6.07) is 9.83. The van der Waals surface area contributed by atoms with Crippen LogP contribution < -0.4 is 0 Å². The maximum absolute atomic E-state index is 6.18. The highest BCUT2D eigenvalue weighted by atomic mass is 35.5. The molecular formula is C17H11Cl2N3. The van der Waals surface area contributed by atoms with Crippen molar-refractivity contribution in [1.82, 2.24) is 14.5 Å². The zero-order valence-corrected chi connectivity index (χ0v) is 13.2. The second-order valence-electron chi connectivity index (χ2n) is 5.20. The van der Waals surface area contributed by atoms with Crippen LogP contribution in [-0.2, 0) is 7.05 Å². The van der Waals surface area contributed by atoms with E-state index in [9.17, 15) is 0 Å². The lowest BCUT2D eigenvalue weighted by molar-refractivity contribution is 0.970. The maximum atomic E-state index is 6.18. The van der Waals surface area contributed by atoms with E-state index >= 15 is 0 Å². The number of nitrogens with zero attached hydrogens (tertiary/aromatic N) is 3. The molecule has 3 nitrogen and oxygen atoms in total. The number of aryl methyl sites for hydroxylation is 1. The molecule has 0 saturated carbocycles. The Kier molecular flexibility index (Phi) is 3.06. The first-order valence-electron chi connectivity index (χ1n) is 6.78. The van der Waals surface area contributed by atoms with Gasteiger partial charge in [-0.25, -0.2) is 9.97 Å². The van der Waals surface area contributed by atoms with Crippen molar-refractivity contribution >= 4 is 45.0 Å². The Morgan fingerprint density at radius 2 is 1.86 bits per heavy atom. The predicted molar refractivity (Wildman–Crippen MR) is 91.5 cm³/mol. The van der Waals surface area contributed by atoms with E-state index < -0.39 is 0 Å². The number of halogens is 2. The van der Waals surface area contributed by atoms with Crippen LogP contribution >= 0.6 is 23.2 Å². The molecule has 5 heteroatoms. The molecule has 0 bridgehead atoms. The van der Waals surface area contributed by atoms with Gasteiger partial charge in [-0.3, -0.25) is 0 Å². The first-order valence-corrected chi connectivity index (χ1v) is 7.54. The molecule has 4 aromatic rings. The summed E-state index contributed by atoms with van der Waals surface area (Å²) in [6.45, 7) is 0. The van der Waals surface area contributed by atoms with Crippen LogP contribution in [0.2, 0.25) is 10.0 Å². The lowest BCUT2D eigenvalue weighted by Crippen LogP contribution is -1.91.